The average molecular weight is 148 g/mol. The molecular weight excluding hydrogens is 144 g/mol. The van der Waals surface area contributed by atoms with E-state index in [2.05, 4.69) is 25.1 Å². The molecule has 5 heteroatoms. The Morgan fingerprint density at radius 2 is 2.18 bits per heavy atom. The summed E-state index contributed by atoms with van der Waals surface area (Å²) >= 11 is 0. The Kier molecular flexibility index (Phi) is 1.33. The highest BCUT2D eigenvalue weighted by Crippen LogP contribution is 2.10. The first-order valence-electron chi connectivity index (χ1n) is 3.02. The second kappa shape index (κ2) is 2.45. The normalized spacial score (nSPS) is 9.82. The first-order valence-corrected chi connectivity index (χ1v) is 3.02. The Labute approximate surface area is 62.0 Å². The Morgan fingerprint density at radius 3 is 2.82 bits per heavy atom. The molecule has 2 aromatic rings. The summed E-state index contributed by atoms with van der Waals surface area (Å²) in [6.45, 7) is 0. The zero-order chi connectivity index (χ0) is 7.52. The van der Waals surface area contributed by atoms with E-state index in [9.17, 15) is 0 Å². The summed E-state index contributed by atoms with van der Waals surface area (Å²) in [7, 11) is 0. The van der Waals surface area contributed by atoms with Crippen LogP contribution in [0.2, 0.25) is 0 Å². The van der Waals surface area contributed by atoms with Gasteiger partial charge < -0.3 is 4.52 Å². The van der Waals surface area contributed by atoms with Gasteiger partial charge in [-0.15, -0.1) is 10.2 Å². The molecule has 0 saturated carbocycles. The smallest absolute Gasteiger partial charge is 0.134 e. The first-order chi connectivity index (χ1) is 5.47. The lowest BCUT2D eigenvalue weighted by Crippen LogP contribution is -1.88. The zero-order valence-electron chi connectivity index (χ0n) is 5.51. The zero-order valence-corrected chi connectivity index (χ0v) is 5.51. The fraction of sp³-hybridized carbons (Fsp3) is 0. The van der Waals surface area contributed by atoms with Crippen LogP contribution in [0.4, 0.5) is 0 Å². The van der Waals surface area contributed by atoms with E-state index in [1.807, 2.05) is 0 Å². The number of hydrogen-bond acceptors (Lipinski definition) is 5. The Balaban J connectivity index is 2.46. The summed E-state index contributed by atoms with van der Waals surface area (Å²) < 4.78 is 4.63. The van der Waals surface area contributed by atoms with Crippen molar-refractivity contribution in [2.24, 2.45) is 0 Å². The molecule has 0 amide bonds. The molecule has 11 heavy (non-hydrogen) atoms. The molecule has 0 radical (unpaired) electrons. The topological polar surface area (TPSA) is 64.7 Å². The predicted molar refractivity (Wildman–Crippen MR) is 35.3 cm³/mol. The third-order valence-corrected chi connectivity index (χ3v) is 1.20. The molecule has 0 aliphatic carbocycles. The maximum Gasteiger partial charge on any atom is 0.134 e. The molecule has 0 atom stereocenters. The van der Waals surface area contributed by atoms with Gasteiger partial charge in [0.1, 0.15) is 17.7 Å². The van der Waals surface area contributed by atoms with Crippen molar-refractivity contribution < 1.29 is 4.52 Å². The van der Waals surface area contributed by atoms with E-state index >= 15 is 0 Å². The Bertz CT molecular complexity index is 318. The largest absolute Gasteiger partial charge is 0.364 e. The monoisotopic (exact) mass is 148 g/mol. The lowest BCUT2D eigenvalue weighted by Gasteiger charge is -1.87. The van der Waals surface area contributed by atoms with Crippen LogP contribution in [-0.2, 0) is 0 Å². The Morgan fingerprint density at radius 1 is 1.18 bits per heavy atom. The van der Waals surface area contributed by atoms with Gasteiger partial charge in [0.05, 0.1) is 6.20 Å². The molecule has 0 bridgehead atoms. The van der Waals surface area contributed by atoms with E-state index in [4.69, 9.17) is 0 Å². The van der Waals surface area contributed by atoms with E-state index in [1.54, 1.807) is 18.3 Å². The Hall–Kier alpha value is -1.78. The van der Waals surface area contributed by atoms with Crippen molar-refractivity contribution in [1.82, 2.24) is 20.6 Å². The van der Waals surface area contributed by atoms with Gasteiger partial charge in [-0.25, -0.2) is 0 Å². The van der Waals surface area contributed by atoms with Crippen LogP contribution in [0.1, 0.15) is 0 Å². The van der Waals surface area contributed by atoms with Crippen LogP contribution in [0.5, 0.6) is 0 Å². The van der Waals surface area contributed by atoms with Crippen LogP contribution in [-0.4, -0.2) is 20.6 Å². The summed E-state index contributed by atoms with van der Waals surface area (Å²) in [4.78, 5) is 0. The second-order valence-electron chi connectivity index (χ2n) is 1.89. The molecule has 54 valence electrons. The number of nitrogens with zero attached hydrogens (tertiary/aromatic N) is 4. The number of rotatable bonds is 1. The highest BCUT2D eigenvalue weighted by Gasteiger charge is 2.00. The summed E-state index contributed by atoms with van der Waals surface area (Å²) in [5.74, 6) is 0. The van der Waals surface area contributed by atoms with Crippen molar-refractivity contribution in [1.29, 1.82) is 0 Å². The molecule has 5 nitrogen and oxygen atoms in total. The summed E-state index contributed by atoms with van der Waals surface area (Å²) in [5, 5.41) is 14.4. The van der Waals surface area contributed by atoms with Gasteiger partial charge >= 0.3 is 0 Å². The van der Waals surface area contributed by atoms with Gasteiger partial charge in [0.2, 0.25) is 0 Å². The van der Waals surface area contributed by atoms with Crippen LogP contribution in [0.3, 0.4) is 0 Å². The van der Waals surface area contributed by atoms with E-state index in [0.717, 1.165) is 0 Å². The molecule has 2 rings (SSSR count). The highest BCUT2D eigenvalue weighted by molar-refractivity contribution is 5.50. The molecule has 2 heterocycles. The van der Waals surface area contributed by atoms with Gasteiger partial charge in [0.15, 0.2) is 0 Å². The van der Waals surface area contributed by atoms with Crippen LogP contribution in [0, 0.1) is 0 Å². The van der Waals surface area contributed by atoms with Crippen molar-refractivity contribution >= 4 is 0 Å². The summed E-state index contributed by atoms with van der Waals surface area (Å²) in [6.07, 6.45) is 3.04. The van der Waals surface area contributed by atoms with Crippen molar-refractivity contribution in [2.75, 3.05) is 0 Å². The van der Waals surface area contributed by atoms with Crippen molar-refractivity contribution in [3.05, 3.63) is 24.6 Å². The minimum atomic E-state index is 0.661. The maximum absolute atomic E-state index is 4.63. The SMILES string of the molecule is c1cc(-c2ccon2)nnn1. The molecule has 0 spiro atoms. The highest BCUT2D eigenvalue weighted by atomic mass is 16.5. The van der Waals surface area contributed by atoms with Gasteiger partial charge in [-0.2, -0.15) is 0 Å². The van der Waals surface area contributed by atoms with E-state index in [0.29, 0.717) is 11.4 Å². The van der Waals surface area contributed by atoms with Crippen molar-refractivity contribution in [3.63, 3.8) is 0 Å². The number of hydrogen-bond donors (Lipinski definition) is 0. The van der Waals surface area contributed by atoms with E-state index in [-0.39, 0.29) is 0 Å². The molecule has 0 aromatic carbocycles. The van der Waals surface area contributed by atoms with Gasteiger partial charge in [-0.05, 0) is 11.3 Å². The standard InChI is InChI=1S/C6H4N4O/c1-3-7-10-8-5(1)6-2-4-11-9-6/h1-4H. The van der Waals surface area contributed by atoms with Gasteiger partial charge in [-0.1, -0.05) is 5.16 Å². The quantitative estimate of drug-likeness (QED) is 0.590. The lowest BCUT2D eigenvalue weighted by molar-refractivity contribution is 0.422. The molecular formula is C6H4N4O. The minimum absolute atomic E-state index is 0.661. The van der Waals surface area contributed by atoms with E-state index < -0.39 is 0 Å². The van der Waals surface area contributed by atoms with Gasteiger partial charge in [-0.3, -0.25) is 0 Å². The van der Waals surface area contributed by atoms with Gasteiger partial charge in [0.25, 0.3) is 0 Å². The molecule has 0 saturated heterocycles. The molecule has 0 aliphatic heterocycles. The molecule has 0 fully saturated rings. The molecule has 2 aromatic heterocycles. The maximum atomic E-state index is 4.63. The van der Waals surface area contributed by atoms with Crippen molar-refractivity contribution in [3.8, 4) is 11.4 Å². The van der Waals surface area contributed by atoms with E-state index in [1.165, 1.54) is 6.26 Å². The molecule has 0 unspecified atom stereocenters. The fourth-order valence-electron chi connectivity index (χ4n) is 0.722. The predicted octanol–water partition coefficient (Wildman–Crippen LogP) is 0.527. The third kappa shape index (κ3) is 1.07. The fourth-order valence-corrected chi connectivity index (χ4v) is 0.722. The summed E-state index contributed by atoms with van der Waals surface area (Å²) in [5.41, 5.74) is 1.33. The van der Waals surface area contributed by atoms with Crippen LogP contribution in [0.15, 0.2) is 29.1 Å². The third-order valence-electron chi connectivity index (χ3n) is 1.20. The minimum Gasteiger partial charge on any atom is -0.364 e. The second-order valence-corrected chi connectivity index (χ2v) is 1.89. The lowest BCUT2D eigenvalue weighted by atomic mass is 10.3. The van der Waals surface area contributed by atoms with Crippen LogP contribution < -0.4 is 0 Å². The van der Waals surface area contributed by atoms with Gasteiger partial charge in [0, 0.05) is 6.07 Å². The first kappa shape index (κ1) is 5.96. The average Bonchev–Trinajstić information content (AvgIpc) is 2.58. The number of aromatic nitrogens is 4. The van der Waals surface area contributed by atoms with Crippen molar-refractivity contribution in [2.45, 2.75) is 0 Å². The molecule has 0 aliphatic rings. The molecule has 0 N–H and O–H groups in total. The van der Waals surface area contributed by atoms with Crippen LogP contribution in [0.25, 0.3) is 11.4 Å². The summed E-state index contributed by atoms with van der Waals surface area (Å²) in [6, 6.07) is 3.43. The van der Waals surface area contributed by atoms with Crippen LogP contribution >= 0.6 is 0 Å².